The Kier molecular flexibility index (Phi) is 5.49. The zero-order chi connectivity index (χ0) is 17.0. The lowest BCUT2D eigenvalue weighted by molar-refractivity contribution is -0.132. The average Bonchev–Trinajstić information content (AvgIpc) is 3.05. The van der Waals surface area contributed by atoms with Crippen LogP contribution < -0.4 is 5.32 Å². The number of halogens is 2. The van der Waals surface area contributed by atoms with Gasteiger partial charge in [-0.15, -0.1) is 0 Å². The number of carbonyl (C=O) groups is 1. The van der Waals surface area contributed by atoms with Crippen LogP contribution in [0.15, 0.2) is 24.3 Å². The maximum absolute atomic E-state index is 13.4. The number of carbonyl (C=O) groups excluding carboxylic acids is 1. The minimum atomic E-state index is -2.68. The normalized spacial score (nSPS) is 24.0. The summed E-state index contributed by atoms with van der Waals surface area (Å²) in [5, 5.41) is 2.84. The van der Waals surface area contributed by atoms with Crippen molar-refractivity contribution in [2.24, 2.45) is 5.92 Å². The zero-order valence-electron chi connectivity index (χ0n) is 14.1. The molecule has 2 fully saturated rings. The molecule has 1 saturated carbocycles. The van der Waals surface area contributed by atoms with Crippen molar-refractivity contribution in [3.05, 3.63) is 35.4 Å². The molecule has 1 unspecified atom stereocenters. The molecule has 1 aliphatic heterocycles. The van der Waals surface area contributed by atoms with Gasteiger partial charge in [0.15, 0.2) is 0 Å². The number of amides is 1. The summed E-state index contributed by atoms with van der Waals surface area (Å²) < 4.78 is 26.9. The van der Waals surface area contributed by atoms with Gasteiger partial charge in [0.2, 0.25) is 11.8 Å². The molecule has 1 aliphatic carbocycles. The molecule has 1 aromatic carbocycles. The number of hydrogen-bond acceptors (Lipinski definition) is 2. The fraction of sp³-hybridized carbons (Fsp3) is 0.632. The summed E-state index contributed by atoms with van der Waals surface area (Å²) >= 11 is 0. The van der Waals surface area contributed by atoms with Gasteiger partial charge < -0.3 is 5.32 Å². The first-order valence-electron chi connectivity index (χ1n) is 8.98. The van der Waals surface area contributed by atoms with Crippen LogP contribution in [0.1, 0.15) is 49.7 Å². The molecule has 0 aromatic heterocycles. The Bertz CT molecular complexity index is 570. The topological polar surface area (TPSA) is 32.3 Å². The number of nitrogens with zero attached hydrogens (tertiary/aromatic N) is 1. The Morgan fingerprint density at radius 3 is 2.71 bits per heavy atom. The maximum Gasteiger partial charge on any atom is 0.248 e. The van der Waals surface area contributed by atoms with Crippen LogP contribution in [0.2, 0.25) is 0 Å². The Morgan fingerprint density at radius 1 is 1.21 bits per heavy atom. The predicted molar refractivity (Wildman–Crippen MR) is 89.7 cm³/mol. The molecule has 1 atom stereocenters. The van der Waals surface area contributed by atoms with E-state index in [0.29, 0.717) is 19.4 Å². The first-order chi connectivity index (χ1) is 11.5. The Hall–Kier alpha value is -1.49. The molecule has 0 bridgehead atoms. The smallest absolute Gasteiger partial charge is 0.248 e. The van der Waals surface area contributed by atoms with Crippen molar-refractivity contribution in [2.45, 2.75) is 57.5 Å². The summed E-state index contributed by atoms with van der Waals surface area (Å²) in [6.45, 7) is 3.65. The molecular weight excluding hydrogens is 310 g/mol. The molecule has 3 nitrogen and oxygen atoms in total. The van der Waals surface area contributed by atoms with Crippen LogP contribution in [-0.2, 0) is 17.9 Å². The van der Waals surface area contributed by atoms with Gasteiger partial charge in [-0.25, -0.2) is 8.78 Å². The van der Waals surface area contributed by atoms with E-state index in [1.165, 1.54) is 18.4 Å². The Balaban J connectivity index is 1.51. The van der Waals surface area contributed by atoms with Crippen LogP contribution >= 0.6 is 0 Å². The second kappa shape index (κ2) is 7.60. The van der Waals surface area contributed by atoms with Crippen molar-refractivity contribution in [2.75, 3.05) is 13.1 Å². The van der Waals surface area contributed by atoms with Crippen molar-refractivity contribution in [3.8, 4) is 0 Å². The molecule has 0 radical (unpaired) electrons. The number of likely N-dealkylation sites (tertiary alicyclic amines) is 1. The molecule has 132 valence electrons. The fourth-order valence-corrected chi connectivity index (χ4v) is 3.77. The molecule has 1 amide bonds. The van der Waals surface area contributed by atoms with Crippen molar-refractivity contribution in [1.29, 1.82) is 0 Å². The summed E-state index contributed by atoms with van der Waals surface area (Å²) in [7, 11) is 0. The molecular formula is C19H26F2N2O. The van der Waals surface area contributed by atoms with Crippen LogP contribution in [0.3, 0.4) is 0 Å². The highest BCUT2D eigenvalue weighted by molar-refractivity contribution is 5.78. The fourth-order valence-electron chi connectivity index (χ4n) is 3.77. The number of alkyl halides is 2. The Labute approximate surface area is 142 Å². The van der Waals surface area contributed by atoms with Gasteiger partial charge in [0.1, 0.15) is 0 Å². The molecule has 0 spiro atoms. The van der Waals surface area contributed by atoms with Gasteiger partial charge in [0.05, 0.1) is 0 Å². The molecule has 24 heavy (non-hydrogen) atoms. The molecule has 3 rings (SSSR count). The van der Waals surface area contributed by atoms with Crippen LogP contribution in [0.5, 0.6) is 0 Å². The second-order valence-corrected chi connectivity index (χ2v) is 7.17. The third-order valence-electron chi connectivity index (χ3n) is 5.07. The molecule has 1 aromatic rings. The number of nitrogens with one attached hydrogen (secondary N) is 1. The summed E-state index contributed by atoms with van der Waals surface area (Å²) in [6.07, 6.45) is 3.12. The Morgan fingerprint density at radius 2 is 1.96 bits per heavy atom. The summed E-state index contributed by atoms with van der Waals surface area (Å²) in [6, 6.07) is 8.18. The minimum Gasteiger partial charge on any atom is -0.352 e. The maximum atomic E-state index is 13.4. The molecule has 5 heteroatoms. The highest BCUT2D eigenvalue weighted by Gasteiger charge is 2.38. The average molecular weight is 336 g/mol. The third-order valence-corrected chi connectivity index (χ3v) is 5.07. The van der Waals surface area contributed by atoms with E-state index in [2.05, 4.69) is 22.3 Å². The van der Waals surface area contributed by atoms with E-state index in [1.807, 2.05) is 12.1 Å². The van der Waals surface area contributed by atoms with Crippen molar-refractivity contribution in [1.82, 2.24) is 10.2 Å². The minimum absolute atomic E-state index is 0.0880. The van der Waals surface area contributed by atoms with E-state index in [9.17, 15) is 13.6 Å². The van der Waals surface area contributed by atoms with Gasteiger partial charge >= 0.3 is 0 Å². The summed E-state index contributed by atoms with van der Waals surface area (Å²) in [5.74, 6) is -3.48. The van der Waals surface area contributed by atoms with Crippen LogP contribution in [0.4, 0.5) is 8.78 Å². The van der Waals surface area contributed by atoms with Crippen molar-refractivity contribution >= 4 is 5.91 Å². The van der Waals surface area contributed by atoms with Gasteiger partial charge in [-0.2, -0.15) is 0 Å². The van der Waals surface area contributed by atoms with E-state index in [4.69, 9.17) is 0 Å². The van der Waals surface area contributed by atoms with Crippen molar-refractivity contribution in [3.63, 3.8) is 0 Å². The zero-order valence-corrected chi connectivity index (χ0v) is 14.1. The van der Waals surface area contributed by atoms with Crippen LogP contribution in [0.25, 0.3) is 0 Å². The summed E-state index contributed by atoms with van der Waals surface area (Å²) in [5.41, 5.74) is 2.27. The molecule has 1 heterocycles. The standard InChI is InChI=1S/C19H26F2N2O/c20-19(21)8-4-7-17(12-19)18(24)22-13-15-5-3-6-16(11-15)14-23-9-1-2-10-23/h3,5-6,11,17H,1-2,4,7-10,12-14H2,(H,22,24). The SMILES string of the molecule is O=C(NCc1cccc(CN2CCCC2)c1)C1CCCC(F)(F)C1. The van der Waals surface area contributed by atoms with Crippen LogP contribution in [0, 0.1) is 5.92 Å². The van der Waals surface area contributed by atoms with Gasteiger partial charge in [0, 0.05) is 31.8 Å². The monoisotopic (exact) mass is 336 g/mol. The summed E-state index contributed by atoms with van der Waals surface area (Å²) in [4.78, 5) is 14.6. The number of benzene rings is 1. The van der Waals surface area contributed by atoms with Gasteiger partial charge in [-0.1, -0.05) is 24.3 Å². The lowest BCUT2D eigenvalue weighted by atomic mass is 9.86. The first-order valence-corrected chi connectivity index (χ1v) is 8.98. The second-order valence-electron chi connectivity index (χ2n) is 7.17. The van der Waals surface area contributed by atoms with E-state index in [0.717, 1.165) is 25.2 Å². The molecule has 1 saturated heterocycles. The number of rotatable bonds is 5. The lowest BCUT2D eigenvalue weighted by Crippen LogP contribution is -2.37. The van der Waals surface area contributed by atoms with Gasteiger partial charge in [0.25, 0.3) is 0 Å². The predicted octanol–water partition coefficient (Wildman–Crippen LogP) is 3.72. The lowest BCUT2D eigenvalue weighted by Gasteiger charge is -2.28. The first kappa shape index (κ1) is 17.3. The van der Waals surface area contributed by atoms with E-state index in [1.54, 1.807) is 0 Å². The quantitative estimate of drug-likeness (QED) is 0.889. The van der Waals surface area contributed by atoms with E-state index >= 15 is 0 Å². The molecule has 1 N–H and O–H groups in total. The van der Waals surface area contributed by atoms with E-state index in [-0.39, 0.29) is 18.7 Å². The third kappa shape index (κ3) is 4.76. The molecule has 2 aliphatic rings. The van der Waals surface area contributed by atoms with Crippen LogP contribution in [-0.4, -0.2) is 29.8 Å². The highest BCUT2D eigenvalue weighted by atomic mass is 19.3. The highest BCUT2D eigenvalue weighted by Crippen LogP contribution is 2.36. The van der Waals surface area contributed by atoms with Crippen molar-refractivity contribution < 1.29 is 13.6 Å². The van der Waals surface area contributed by atoms with Gasteiger partial charge in [-0.3, -0.25) is 9.69 Å². The van der Waals surface area contributed by atoms with E-state index < -0.39 is 11.8 Å². The largest absolute Gasteiger partial charge is 0.352 e. The van der Waals surface area contributed by atoms with Gasteiger partial charge in [-0.05, 0) is 49.9 Å². The number of hydrogen-bond donors (Lipinski definition) is 1.